The SMILES string of the molecule is CC(O)C1C(=O)N2C(C(=O)OC(=O)c3ccc([N+](=O)[O-])cc3)=C(OP(=O)(Oc3ccccc3)Oc3ccccc3)C(C)C12.CC(O)C1C(=O)N2C(C(=O)OC(=O)c3ccc([N+](=O)[O-])cc3)C(=O)C(C)C12.CC(O)C1C(=O)NC1C(C)C(=O)C(=[N+]=[N-])C(=O)OC(=O)c1ccc([N+](=O)[O-])cc1. The lowest BCUT2D eigenvalue weighted by atomic mass is 9.76. The molecule has 0 bridgehead atoms. The van der Waals surface area contributed by atoms with E-state index in [4.69, 9.17) is 28.6 Å². The van der Waals surface area contributed by atoms with Crippen molar-refractivity contribution in [1.82, 2.24) is 15.1 Å². The van der Waals surface area contributed by atoms with Crippen molar-refractivity contribution >= 4 is 95.7 Å². The number of phosphoric acid groups is 1. The number of nitro groups is 3. The summed E-state index contributed by atoms with van der Waals surface area (Å²) in [5, 5.41) is 64.2. The average Bonchev–Trinajstić information content (AvgIpc) is 1.57. The molecular formula is C63H57N8O27P. The number of carbonyl (C=O) groups excluding carboxylic acids is 11. The second-order valence-electron chi connectivity index (χ2n) is 22.8. The first-order valence-electron chi connectivity index (χ1n) is 29.6. The van der Waals surface area contributed by atoms with Crippen LogP contribution in [0.1, 0.15) is 72.6 Å². The lowest BCUT2D eigenvalue weighted by Gasteiger charge is -2.46. The highest BCUT2D eigenvalue weighted by Gasteiger charge is 2.66. The summed E-state index contributed by atoms with van der Waals surface area (Å²) in [7, 11) is -4.64. The summed E-state index contributed by atoms with van der Waals surface area (Å²) < 4.78 is 45.6. The zero-order chi connectivity index (χ0) is 72.8. The number of carbonyl (C=O) groups is 11. The average molecular weight is 1390 g/mol. The Kier molecular flexibility index (Phi) is 22.1. The molecule has 5 aliphatic heterocycles. The molecule has 0 radical (unpaired) electrons. The Hall–Kier alpha value is -11.9. The van der Waals surface area contributed by atoms with Crippen LogP contribution in [0.5, 0.6) is 11.5 Å². The smallest absolute Gasteiger partial charge is 0.393 e. The zero-order valence-corrected chi connectivity index (χ0v) is 53.3. The maximum absolute atomic E-state index is 14.2. The number of amides is 3. The number of nitro benzene ring substituents is 3. The third kappa shape index (κ3) is 15.4. The minimum Gasteiger partial charge on any atom is -0.393 e. The van der Waals surface area contributed by atoms with E-state index in [9.17, 15) is 103 Å². The molecule has 36 heteroatoms. The van der Waals surface area contributed by atoms with E-state index >= 15 is 0 Å². The quantitative estimate of drug-likeness (QED) is 0.00757. The minimum absolute atomic E-state index is 0.110. The van der Waals surface area contributed by atoms with Gasteiger partial charge in [0.1, 0.15) is 17.3 Å². The number of aliphatic hydroxyl groups is 3. The lowest BCUT2D eigenvalue weighted by Crippen LogP contribution is -2.66. The summed E-state index contributed by atoms with van der Waals surface area (Å²) in [6.07, 6.45) is -3.11. The summed E-state index contributed by atoms with van der Waals surface area (Å²) in [6, 6.07) is 25.1. The number of rotatable bonds is 21. The number of nitrogens with zero attached hydrogens (tertiary/aromatic N) is 7. The van der Waals surface area contributed by atoms with Crippen LogP contribution in [-0.2, 0) is 61.7 Å². The molecule has 5 heterocycles. The molecule has 0 saturated carbocycles. The van der Waals surface area contributed by atoms with E-state index in [1.165, 1.54) is 52.0 Å². The Morgan fingerprint density at radius 1 is 0.556 bits per heavy atom. The Labute approximate surface area is 557 Å². The van der Waals surface area contributed by atoms with Gasteiger partial charge in [0.15, 0.2) is 17.5 Å². The molecule has 4 fully saturated rings. The number of ether oxygens (including phenoxy) is 3. The van der Waals surface area contributed by atoms with Crippen LogP contribution in [-0.4, -0.2) is 158 Å². The predicted molar refractivity (Wildman–Crippen MR) is 329 cm³/mol. The predicted octanol–water partition coefficient (Wildman–Crippen LogP) is 4.35. The van der Waals surface area contributed by atoms with Crippen molar-refractivity contribution in [2.75, 3.05) is 0 Å². The number of hydrogen-bond acceptors (Lipinski definition) is 27. The van der Waals surface area contributed by atoms with Gasteiger partial charge in [-0.2, -0.15) is 9.35 Å². The Bertz CT molecular complexity index is 4210. The molecule has 516 valence electrons. The number of β-lactam (4-membered cyclic amide) rings is 3. The first-order chi connectivity index (χ1) is 46.7. The summed E-state index contributed by atoms with van der Waals surface area (Å²) in [5.74, 6) is -15.9. The van der Waals surface area contributed by atoms with Crippen LogP contribution in [0.25, 0.3) is 5.53 Å². The highest BCUT2D eigenvalue weighted by molar-refractivity contribution is 7.49. The molecule has 13 unspecified atom stereocenters. The molecule has 99 heavy (non-hydrogen) atoms. The van der Waals surface area contributed by atoms with Gasteiger partial charge in [-0.25, -0.2) is 28.8 Å². The lowest BCUT2D eigenvalue weighted by molar-refractivity contribution is -0.385. The normalized spacial score (nSPS) is 22.0. The molecule has 5 aliphatic rings. The van der Waals surface area contributed by atoms with E-state index in [0.717, 1.165) is 82.6 Å². The van der Waals surface area contributed by atoms with Gasteiger partial charge in [-0.15, -0.1) is 0 Å². The van der Waals surface area contributed by atoms with Crippen LogP contribution in [0.2, 0.25) is 0 Å². The molecule has 10 rings (SSSR count). The number of benzene rings is 5. The Balaban J connectivity index is 0.000000197. The first kappa shape index (κ1) is 72.9. The number of esters is 6. The van der Waals surface area contributed by atoms with E-state index < -0.39 is 177 Å². The molecule has 5 aromatic rings. The van der Waals surface area contributed by atoms with Crippen LogP contribution in [0, 0.1) is 65.9 Å². The Morgan fingerprint density at radius 2 is 0.970 bits per heavy atom. The fraction of sp³-hybridized carbons (Fsp3) is 0.302. The highest BCUT2D eigenvalue weighted by Crippen LogP contribution is 2.57. The number of phosphoric ester groups is 1. The number of ketones is 2. The van der Waals surface area contributed by atoms with E-state index in [-0.39, 0.29) is 51.0 Å². The molecule has 0 aromatic heterocycles. The summed E-state index contributed by atoms with van der Waals surface area (Å²) in [5.41, 5.74) is 6.16. The third-order valence-corrected chi connectivity index (χ3v) is 17.7. The molecule has 0 spiro atoms. The number of nitrogens with one attached hydrogen (secondary N) is 1. The molecule has 3 amide bonds. The number of hydrogen-bond donors (Lipinski definition) is 4. The van der Waals surface area contributed by atoms with E-state index in [1.807, 2.05) is 0 Å². The van der Waals surface area contributed by atoms with Gasteiger partial charge in [0.2, 0.25) is 17.7 Å². The second kappa shape index (κ2) is 30.0. The van der Waals surface area contributed by atoms with Crippen molar-refractivity contribution in [1.29, 1.82) is 0 Å². The number of non-ortho nitro benzene ring substituents is 3. The zero-order valence-electron chi connectivity index (χ0n) is 52.4. The summed E-state index contributed by atoms with van der Waals surface area (Å²) in [6.45, 7) is 8.70. The molecule has 35 nitrogen and oxygen atoms in total. The van der Waals surface area contributed by atoms with Crippen LogP contribution in [0.3, 0.4) is 0 Å². The van der Waals surface area contributed by atoms with E-state index in [2.05, 4.69) is 14.8 Å². The molecule has 4 saturated heterocycles. The van der Waals surface area contributed by atoms with Crippen molar-refractivity contribution in [2.45, 2.75) is 84.0 Å². The molecular weight excluding hydrogens is 1330 g/mol. The monoisotopic (exact) mass is 1390 g/mol. The largest absolute Gasteiger partial charge is 0.646 e. The molecule has 13 atom stereocenters. The third-order valence-electron chi connectivity index (χ3n) is 16.4. The fourth-order valence-corrected chi connectivity index (χ4v) is 12.8. The van der Waals surface area contributed by atoms with Crippen LogP contribution in [0.4, 0.5) is 17.1 Å². The topological polar surface area (TPSA) is 505 Å². The van der Waals surface area contributed by atoms with Gasteiger partial charge in [0.05, 0.1) is 85.7 Å². The first-order valence-corrected chi connectivity index (χ1v) is 31.0. The van der Waals surface area contributed by atoms with Crippen molar-refractivity contribution in [3.63, 3.8) is 0 Å². The van der Waals surface area contributed by atoms with Crippen molar-refractivity contribution in [3.8, 4) is 11.5 Å². The summed E-state index contributed by atoms with van der Waals surface area (Å²) in [4.78, 5) is 171. The number of Topliss-reactive ketones (excluding diaryl/α,β-unsaturated/α-hetero) is 2. The molecule has 4 N–H and O–H groups in total. The van der Waals surface area contributed by atoms with Crippen LogP contribution >= 0.6 is 7.82 Å². The molecule has 0 aliphatic carbocycles. The van der Waals surface area contributed by atoms with Crippen molar-refractivity contribution in [3.05, 3.63) is 197 Å². The van der Waals surface area contributed by atoms with Gasteiger partial charge in [-0.3, -0.25) is 59.2 Å². The van der Waals surface area contributed by atoms with Crippen molar-refractivity contribution < 1.29 is 120 Å². The van der Waals surface area contributed by atoms with Crippen molar-refractivity contribution in [2.24, 2.45) is 35.5 Å². The maximum Gasteiger partial charge on any atom is 0.646 e. The highest BCUT2D eigenvalue weighted by atomic mass is 31.2. The number of para-hydroxylation sites is 2. The second-order valence-corrected chi connectivity index (χ2v) is 24.2. The summed E-state index contributed by atoms with van der Waals surface area (Å²) >= 11 is 0. The maximum atomic E-state index is 14.2. The Morgan fingerprint density at radius 3 is 1.37 bits per heavy atom. The van der Waals surface area contributed by atoms with Crippen LogP contribution < -0.4 is 14.4 Å². The van der Waals surface area contributed by atoms with Gasteiger partial charge in [0, 0.05) is 54.2 Å². The standard InChI is InChI=1S/C29H25N2O11P.C17H16N4O8.C17H16N2O8/c1-17-24-23(18(2)32)27(33)30(24)25(29(35)39-28(34)19-13-15-20(16-14-19)31(36)37)26(17)42-43(38,40-21-9-5-3-6-10-21)41-22-11-7-4-8-12-22;1-7(12-11(8(2)22)15(24)19-12)14(23)13(20-18)17(26)29-16(25)9-3-5-10(6-4-9)21(27)28;1-7-12-11(8(2)20)15(22)18(12)13(14(7)21)17(24)27-16(23)9-3-5-10(6-4-9)19(25)26/h3-18,23-24,32H,1-2H3;3-8,11-12,22H,1-2H3,(H,19,24);3-8,11-13,20H,1-2H3. The van der Waals surface area contributed by atoms with Gasteiger partial charge in [-0.05, 0) is 81.4 Å². The van der Waals surface area contributed by atoms with Gasteiger partial charge < -0.3 is 58.8 Å². The van der Waals surface area contributed by atoms with Crippen LogP contribution in [0.15, 0.2) is 145 Å². The van der Waals surface area contributed by atoms with E-state index in [1.54, 1.807) is 50.2 Å². The number of fused-ring (bicyclic) bond motifs is 2. The van der Waals surface area contributed by atoms with Gasteiger partial charge >= 0.3 is 49.4 Å². The van der Waals surface area contributed by atoms with Gasteiger partial charge in [0.25, 0.3) is 22.8 Å². The fourth-order valence-electron chi connectivity index (χ4n) is 11.4. The van der Waals surface area contributed by atoms with Gasteiger partial charge in [-0.1, -0.05) is 57.2 Å². The minimum atomic E-state index is -4.64. The van der Waals surface area contributed by atoms with E-state index in [0.29, 0.717) is 0 Å². The number of aliphatic hydroxyl groups excluding tert-OH is 3. The molecule has 5 aromatic carbocycles.